The summed E-state index contributed by atoms with van der Waals surface area (Å²) in [6.45, 7) is 11.6. The maximum Gasteiger partial charge on any atom is -0.00946 e. The second-order valence-electron chi connectivity index (χ2n) is 4.74. The van der Waals surface area contributed by atoms with Gasteiger partial charge in [0.1, 0.15) is 0 Å². The lowest BCUT2D eigenvalue weighted by Gasteiger charge is -2.13. The predicted molar refractivity (Wildman–Crippen MR) is 50.6 cm³/mol. The Bertz CT molecular complexity index is 179. The molecule has 0 saturated carbocycles. The second kappa shape index (κ2) is 2.66. The third-order valence-electron chi connectivity index (χ3n) is 2.74. The zero-order valence-corrected chi connectivity index (χ0v) is 8.49. The SMILES string of the molecule is CCC(C)C1=C(C(C)(C)C)C1. The Morgan fingerprint density at radius 2 is 1.91 bits per heavy atom. The Morgan fingerprint density at radius 1 is 1.36 bits per heavy atom. The molecule has 1 aliphatic carbocycles. The van der Waals surface area contributed by atoms with Gasteiger partial charge in [-0.3, -0.25) is 0 Å². The van der Waals surface area contributed by atoms with Gasteiger partial charge in [-0.1, -0.05) is 45.8 Å². The van der Waals surface area contributed by atoms with E-state index in [4.69, 9.17) is 0 Å². The van der Waals surface area contributed by atoms with E-state index in [1.54, 1.807) is 11.1 Å². The minimum Gasteiger partial charge on any atom is -0.0648 e. The Hall–Kier alpha value is -0.260. The summed E-state index contributed by atoms with van der Waals surface area (Å²) in [5.74, 6) is 0.837. The van der Waals surface area contributed by atoms with Crippen LogP contribution in [0.5, 0.6) is 0 Å². The van der Waals surface area contributed by atoms with Gasteiger partial charge in [-0.25, -0.2) is 0 Å². The summed E-state index contributed by atoms with van der Waals surface area (Å²) < 4.78 is 0. The molecule has 0 nitrogen and oxygen atoms in total. The van der Waals surface area contributed by atoms with Gasteiger partial charge >= 0.3 is 0 Å². The zero-order chi connectivity index (χ0) is 8.65. The summed E-state index contributed by atoms with van der Waals surface area (Å²) in [7, 11) is 0. The molecule has 0 aromatic carbocycles. The van der Waals surface area contributed by atoms with E-state index in [9.17, 15) is 0 Å². The van der Waals surface area contributed by atoms with Crippen molar-refractivity contribution in [2.75, 3.05) is 0 Å². The van der Waals surface area contributed by atoms with Crippen molar-refractivity contribution >= 4 is 0 Å². The highest BCUT2D eigenvalue weighted by molar-refractivity contribution is 5.40. The summed E-state index contributed by atoms with van der Waals surface area (Å²) in [5, 5.41) is 0. The number of allylic oxidation sites excluding steroid dienone is 2. The second-order valence-corrected chi connectivity index (χ2v) is 4.74. The van der Waals surface area contributed by atoms with Crippen LogP contribution in [0.25, 0.3) is 0 Å². The van der Waals surface area contributed by atoms with E-state index in [2.05, 4.69) is 34.6 Å². The van der Waals surface area contributed by atoms with E-state index in [1.807, 2.05) is 0 Å². The molecule has 0 heteroatoms. The van der Waals surface area contributed by atoms with E-state index in [0.717, 1.165) is 5.92 Å². The van der Waals surface area contributed by atoms with Crippen LogP contribution in [0.2, 0.25) is 0 Å². The molecule has 0 fully saturated rings. The highest BCUT2D eigenvalue weighted by atomic mass is 14.4. The van der Waals surface area contributed by atoms with Gasteiger partial charge in [0.2, 0.25) is 0 Å². The fourth-order valence-corrected chi connectivity index (χ4v) is 1.61. The van der Waals surface area contributed by atoms with E-state index in [0.29, 0.717) is 5.41 Å². The van der Waals surface area contributed by atoms with Crippen LogP contribution in [0.4, 0.5) is 0 Å². The Balaban J connectivity index is 2.61. The van der Waals surface area contributed by atoms with Crippen molar-refractivity contribution in [3.8, 4) is 0 Å². The Labute approximate surface area is 70.7 Å². The normalized spacial score (nSPS) is 20.5. The highest BCUT2D eigenvalue weighted by Gasteiger charge is 2.33. The molecule has 64 valence electrons. The van der Waals surface area contributed by atoms with Gasteiger partial charge in [0.05, 0.1) is 0 Å². The number of rotatable bonds is 2. The van der Waals surface area contributed by atoms with Crippen molar-refractivity contribution in [2.24, 2.45) is 11.3 Å². The molecule has 1 rings (SSSR count). The zero-order valence-electron chi connectivity index (χ0n) is 8.49. The molecule has 0 saturated heterocycles. The average Bonchev–Trinajstić information content (AvgIpc) is 2.62. The van der Waals surface area contributed by atoms with E-state index in [1.165, 1.54) is 12.8 Å². The van der Waals surface area contributed by atoms with Crippen LogP contribution in [0.15, 0.2) is 11.1 Å². The molecule has 0 radical (unpaired) electrons. The molecule has 0 amide bonds. The molecule has 0 heterocycles. The molecule has 1 aliphatic rings. The lowest BCUT2D eigenvalue weighted by Crippen LogP contribution is -2.01. The van der Waals surface area contributed by atoms with Crippen LogP contribution in [-0.4, -0.2) is 0 Å². The molecule has 0 N–H and O–H groups in total. The predicted octanol–water partition coefficient (Wildman–Crippen LogP) is 3.78. The van der Waals surface area contributed by atoms with Gasteiger partial charge in [0, 0.05) is 0 Å². The lowest BCUT2D eigenvalue weighted by atomic mass is 9.92. The smallest absolute Gasteiger partial charge is 0.00946 e. The van der Waals surface area contributed by atoms with Gasteiger partial charge in [0.15, 0.2) is 0 Å². The molecule has 0 bridgehead atoms. The van der Waals surface area contributed by atoms with Gasteiger partial charge in [-0.2, -0.15) is 0 Å². The van der Waals surface area contributed by atoms with Gasteiger partial charge in [-0.05, 0) is 24.2 Å². The van der Waals surface area contributed by atoms with E-state index >= 15 is 0 Å². The topological polar surface area (TPSA) is 0 Å². The fraction of sp³-hybridized carbons (Fsp3) is 0.818. The first kappa shape index (κ1) is 8.83. The van der Waals surface area contributed by atoms with E-state index < -0.39 is 0 Å². The third-order valence-corrected chi connectivity index (χ3v) is 2.74. The largest absolute Gasteiger partial charge is 0.0648 e. The first-order valence-corrected chi connectivity index (χ1v) is 4.69. The summed E-state index contributed by atoms with van der Waals surface area (Å²) in [6, 6.07) is 0. The monoisotopic (exact) mass is 152 g/mol. The molecule has 1 unspecified atom stereocenters. The van der Waals surface area contributed by atoms with Crippen molar-refractivity contribution in [3.63, 3.8) is 0 Å². The highest BCUT2D eigenvalue weighted by Crippen LogP contribution is 2.48. The minimum absolute atomic E-state index is 0.443. The molecule has 11 heavy (non-hydrogen) atoms. The van der Waals surface area contributed by atoms with Gasteiger partial charge in [0.25, 0.3) is 0 Å². The fourth-order valence-electron chi connectivity index (χ4n) is 1.61. The molecule has 1 atom stereocenters. The third kappa shape index (κ3) is 1.85. The quantitative estimate of drug-likeness (QED) is 0.528. The Kier molecular flexibility index (Phi) is 2.13. The van der Waals surface area contributed by atoms with Crippen LogP contribution in [-0.2, 0) is 0 Å². The van der Waals surface area contributed by atoms with Crippen LogP contribution < -0.4 is 0 Å². The molecule has 0 aromatic rings. The number of hydrogen-bond acceptors (Lipinski definition) is 0. The summed E-state index contributed by atoms with van der Waals surface area (Å²) in [4.78, 5) is 0. The van der Waals surface area contributed by atoms with Crippen molar-refractivity contribution in [3.05, 3.63) is 11.1 Å². The van der Waals surface area contributed by atoms with Crippen LogP contribution in [0.1, 0.15) is 47.5 Å². The molecule has 0 spiro atoms. The lowest BCUT2D eigenvalue weighted by molar-refractivity contribution is 0.517. The molecule has 0 aromatic heterocycles. The summed E-state index contributed by atoms with van der Waals surface area (Å²) in [6.07, 6.45) is 2.62. The molecule has 0 aliphatic heterocycles. The average molecular weight is 152 g/mol. The van der Waals surface area contributed by atoms with Crippen molar-refractivity contribution < 1.29 is 0 Å². The van der Waals surface area contributed by atoms with Crippen molar-refractivity contribution in [1.82, 2.24) is 0 Å². The maximum absolute atomic E-state index is 2.34. The summed E-state index contributed by atoms with van der Waals surface area (Å²) in [5.41, 5.74) is 3.89. The molecular weight excluding hydrogens is 132 g/mol. The number of hydrogen-bond donors (Lipinski definition) is 0. The summed E-state index contributed by atoms with van der Waals surface area (Å²) >= 11 is 0. The maximum atomic E-state index is 2.34. The van der Waals surface area contributed by atoms with Gasteiger partial charge < -0.3 is 0 Å². The van der Waals surface area contributed by atoms with Crippen LogP contribution in [0.3, 0.4) is 0 Å². The minimum atomic E-state index is 0.443. The first-order chi connectivity index (χ1) is 4.96. The van der Waals surface area contributed by atoms with Crippen LogP contribution >= 0.6 is 0 Å². The molecular formula is C11H20. The van der Waals surface area contributed by atoms with Gasteiger partial charge in [-0.15, -0.1) is 0 Å². The van der Waals surface area contributed by atoms with Crippen molar-refractivity contribution in [2.45, 2.75) is 47.5 Å². The Morgan fingerprint density at radius 3 is 2.18 bits per heavy atom. The standard InChI is InChI=1S/C11H20/c1-6-8(2)9-7-10(9)11(3,4)5/h8H,6-7H2,1-5H3. The first-order valence-electron chi connectivity index (χ1n) is 4.69. The van der Waals surface area contributed by atoms with Crippen LogP contribution in [0, 0.1) is 11.3 Å². The van der Waals surface area contributed by atoms with Crippen molar-refractivity contribution in [1.29, 1.82) is 0 Å². The van der Waals surface area contributed by atoms with E-state index in [-0.39, 0.29) is 0 Å².